The van der Waals surface area contributed by atoms with E-state index in [9.17, 15) is 4.39 Å². The predicted octanol–water partition coefficient (Wildman–Crippen LogP) is 2.01. The van der Waals surface area contributed by atoms with Crippen molar-refractivity contribution in [3.05, 3.63) is 30.1 Å². The summed E-state index contributed by atoms with van der Waals surface area (Å²) in [5.74, 6) is -0.235. The Morgan fingerprint density at radius 3 is 2.64 bits per heavy atom. The van der Waals surface area contributed by atoms with E-state index in [0.29, 0.717) is 12.2 Å². The summed E-state index contributed by atoms with van der Waals surface area (Å²) in [5, 5.41) is 12.1. The summed E-state index contributed by atoms with van der Waals surface area (Å²) in [5.41, 5.74) is 0.537. The minimum absolute atomic E-state index is 0.0162. The molecule has 0 saturated heterocycles. The van der Waals surface area contributed by atoms with Gasteiger partial charge in [-0.2, -0.15) is 0 Å². The highest BCUT2D eigenvalue weighted by Crippen LogP contribution is 2.44. The summed E-state index contributed by atoms with van der Waals surface area (Å²) >= 11 is 0. The van der Waals surface area contributed by atoms with Crippen LogP contribution in [0.25, 0.3) is 0 Å². The van der Waals surface area contributed by atoms with Crippen LogP contribution in [-0.4, -0.2) is 18.3 Å². The van der Waals surface area contributed by atoms with E-state index in [4.69, 9.17) is 5.11 Å². The molecule has 0 spiro atoms. The molecule has 2 nitrogen and oxygen atoms in total. The molecule has 76 valence electrons. The molecule has 1 aliphatic carbocycles. The fourth-order valence-corrected chi connectivity index (χ4v) is 1.45. The number of hydrogen-bond donors (Lipinski definition) is 2. The van der Waals surface area contributed by atoms with Gasteiger partial charge in [0.1, 0.15) is 5.82 Å². The van der Waals surface area contributed by atoms with Crippen LogP contribution >= 0.6 is 0 Å². The van der Waals surface area contributed by atoms with E-state index in [1.54, 1.807) is 18.2 Å². The molecule has 2 rings (SSSR count). The van der Waals surface area contributed by atoms with Crippen molar-refractivity contribution in [1.82, 2.24) is 0 Å². The van der Waals surface area contributed by atoms with Crippen LogP contribution < -0.4 is 5.32 Å². The van der Waals surface area contributed by atoms with Gasteiger partial charge < -0.3 is 10.4 Å². The third-order valence-corrected chi connectivity index (χ3v) is 2.82. The standard InChI is InChI=1S/C11H14FNO/c12-9-3-1-2-4-10(9)13-7-11(8-14)5-6-11/h1-4,13-14H,5-8H2. The zero-order valence-corrected chi connectivity index (χ0v) is 7.96. The molecule has 1 aliphatic rings. The van der Waals surface area contributed by atoms with E-state index < -0.39 is 0 Å². The smallest absolute Gasteiger partial charge is 0.146 e. The van der Waals surface area contributed by atoms with Crippen LogP contribution in [0.3, 0.4) is 0 Å². The van der Waals surface area contributed by atoms with Crippen molar-refractivity contribution in [2.75, 3.05) is 18.5 Å². The number of nitrogens with one attached hydrogen (secondary N) is 1. The molecular formula is C11H14FNO. The van der Waals surface area contributed by atoms with E-state index in [1.807, 2.05) is 0 Å². The van der Waals surface area contributed by atoms with Crippen LogP contribution in [-0.2, 0) is 0 Å². The average molecular weight is 195 g/mol. The highest BCUT2D eigenvalue weighted by molar-refractivity contribution is 5.44. The molecule has 0 bridgehead atoms. The topological polar surface area (TPSA) is 32.3 Å². The van der Waals surface area contributed by atoms with Gasteiger partial charge in [0.2, 0.25) is 0 Å². The first-order chi connectivity index (χ1) is 6.76. The summed E-state index contributed by atoms with van der Waals surface area (Å²) < 4.78 is 13.2. The predicted molar refractivity (Wildman–Crippen MR) is 53.6 cm³/mol. The zero-order chi connectivity index (χ0) is 10.0. The largest absolute Gasteiger partial charge is 0.396 e. The Kier molecular flexibility index (Phi) is 2.42. The summed E-state index contributed by atoms with van der Waals surface area (Å²) in [4.78, 5) is 0. The molecule has 2 N–H and O–H groups in total. The van der Waals surface area contributed by atoms with Crippen molar-refractivity contribution in [1.29, 1.82) is 0 Å². The summed E-state index contributed by atoms with van der Waals surface area (Å²) in [7, 11) is 0. The van der Waals surface area contributed by atoms with Crippen molar-refractivity contribution in [3.8, 4) is 0 Å². The summed E-state index contributed by atoms with van der Waals surface area (Å²) in [6.07, 6.45) is 2.07. The monoisotopic (exact) mass is 195 g/mol. The van der Waals surface area contributed by atoms with Crippen molar-refractivity contribution in [2.45, 2.75) is 12.8 Å². The fourth-order valence-electron chi connectivity index (χ4n) is 1.45. The maximum absolute atomic E-state index is 13.2. The van der Waals surface area contributed by atoms with Crippen molar-refractivity contribution in [2.24, 2.45) is 5.41 Å². The number of hydrogen-bond acceptors (Lipinski definition) is 2. The number of rotatable bonds is 4. The van der Waals surface area contributed by atoms with Gasteiger partial charge in [-0.15, -0.1) is 0 Å². The lowest BCUT2D eigenvalue weighted by atomic mass is 10.1. The molecule has 0 heterocycles. The van der Waals surface area contributed by atoms with Crippen LogP contribution in [0.4, 0.5) is 10.1 Å². The quantitative estimate of drug-likeness (QED) is 0.770. The molecule has 0 atom stereocenters. The molecular weight excluding hydrogens is 181 g/mol. The van der Waals surface area contributed by atoms with Gasteiger partial charge in [-0.3, -0.25) is 0 Å². The Morgan fingerprint density at radius 2 is 2.07 bits per heavy atom. The number of aliphatic hydroxyl groups is 1. The van der Waals surface area contributed by atoms with Gasteiger partial charge in [0.25, 0.3) is 0 Å². The molecule has 1 aromatic rings. The van der Waals surface area contributed by atoms with Gasteiger partial charge in [-0.25, -0.2) is 4.39 Å². The normalized spacial score (nSPS) is 17.9. The number of anilines is 1. The molecule has 1 aromatic carbocycles. The highest BCUT2D eigenvalue weighted by Gasteiger charge is 2.41. The zero-order valence-electron chi connectivity index (χ0n) is 7.96. The maximum atomic E-state index is 13.2. The number of benzene rings is 1. The minimum Gasteiger partial charge on any atom is -0.396 e. The van der Waals surface area contributed by atoms with E-state index in [0.717, 1.165) is 12.8 Å². The van der Waals surface area contributed by atoms with Crippen molar-refractivity contribution in [3.63, 3.8) is 0 Å². The first-order valence-electron chi connectivity index (χ1n) is 4.85. The lowest BCUT2D eigenvalue weighted by molar-refractivity contribution is 0.219. The van der Waals surface area contributed by atoms with Gasteiger partial charge in [0, 0.05) is 12.0 Å². The van der Waals surface area contributed by atoms with E-state index in [2.05, 4.69) is 5.32 Å². The van der Waals surface area contributed by atoms with Crippen molar-refractivity contribution < 1.29 is 9.50 Å². The summed E-state index contributed by atoms with van der Waals surface area (Å²) in [6, 6.07) is 6.60. The molecule has 14 heavy (non-hydrogen) atoms. The average Bonchev–Trinajstić information content (AvgIpc) is 2.98. The minimum atomic E-state index is -0.235. The van der Waals surface area contributed by atoms with Gasteiger partial charge >= 0.3 is 0 Å². The first-order valence-corrected chi connectivity index (χ1v) is 4.85. The van der Waals surface area contributed by atoms with Crippen LogP contribution in [0.15, 0.2) is 24.3 Å². The van der Waals surface area contributed by atoms with Gasteiger partial charge in [-0.05, 0) is 25.0 Å². The van der Waals surface area contributed by atoms with Crippen LogP contribution in [0.5, 0.6) is 0 Å². The molecule has 0 aromatic heterocycles. The van der Waals surface area contributed by atoms with Crippen LogP contribution in [0, 0.1) is 11.2 Å². The Hall–Kier alpha value is -1.09. The fraction of sp³-hybridized carbons (Fsp3) is 0.455. The molecule has 0 radical (unpaired) electrons. The highest BCUT2D eigenvalue weighted by atomic mass is 19.1. The summed E-state index contributed by atoms with van der Waals surface area (Å²) in [6.45, 7) is 0.846. The molecule has 0 aliphatic heterocycles. The first kappa shape index (κ1) is 9.46. The lowest BCUT2D eigenvalue weighted by Gasteiger charge is -2.13. The van der Waals surface area contributed by atoms with Gasteiger partial charge in [-0.1, -0.05) is 12.1 Å². The second-order valence-electron chi connectivity index (χ2n) is 3.99. The molecule has 3 heteroatoms. The number of para-hydroxylation sites is 1. The molecule has 1 saturated carbocycles. The Bertz CT molecular complexity index is 323. The van der Waals surface area contributed by atoms with Crippen LogP contribution in [0.1, 0.15) is 12.8 Å². The second kappa shape index (κ2) is 3.58. The van der Waals surface area contributed by atoms with Gasteiger partial charge in [0.05, 0.1) is 12.3 Å². The lowest BCUT2D eigenvalue weighted by Crippen LogP contribution is -2.19. The third kappa shape index (κ3) is 1.87. The van der Waals surface area contributed by atoms with E-state index in [-0.39, 0.29) is 17.8 Å². The maximum Gasteiger partial charge on any atom is 0.146 e. The SMILES string of the molecule is OCC1(CNc2ccccc2F)CC1. The van der Waals surface area contributed by atoms with Crippen LogP contribution in [0.2, 0.25) is 0 Å². The number of aliphatic hydroxyl groups excluding tert-OH is 1. The third-order valence-electron chi connectivity index (χ3n) is 2.82. The molecule has 0 amide bonds. The van der Waals surface area contributed by atoms with Crippen molar-refractivity contribution >= 4 is 5.69 Å². The Labute approximate surface area is 82.8 Å². The van der Waals surface area contributed by atoms with E-state index >= 15 is 0 Å². The molecule has 1 fully saturated rings. The number of halogens is 1. The second-order valence-corrected chi connectivity index (χ2v) is 3.99. The van der Waals surface area contributed by atoms with E-state index in [1.165, 1.54) is 6.07 Å². The Balaban J connectivity index is 1.95. The Morgan fingerprint density at radius 1 is 1.36 bits per heavy atom. The van der Waals surface area contributed by atoms with Gasteiger partial charge in [0.15, 0.2) is 0 Å². The molecule has 0 unspecified atom stereocenters.